The lowest BCUT2D eigenvalue weighted by Crippen LogP contribution is -2.30. The predicted octanol–water partition coefficient (Wildman–Crippen LogP) is 5.91. The Morgan fingerprint density at radius 2 is 1.86 bits per heavy atom. The topological polar surface area (TPSA) is 59.2 Å². The second-order valence-electron chi connectivity index (χ2n) is 6.61. The van der Waals surface area contributed by atoms with Gasteiger partial charge in [0.15, 0.2) is 10.1 Å². The summed E-state index contributed by atoms with van der Waals surface area (Å²) < 4.78 is 7.57. The summed E-state index contributed by atoms with van der Waals surface area (Å²) in [4.78, 5) is 24.4. The molecule has 5 aromatic rings. The minimum Gasteiger partial charge on any atom is -0.467 e. The molecule has 3 aromatic heterocycles. The number of amides is 1. The first kappa shape index (κ1) is 18.0. The SMILES string of the molecule is CCc1ccc2nc(N(Cc3ccco3)C(=O)c3nc4ccccc4s3)sc2c1. The minimum absolute atomic E-state index is 0.169. The molecule has 5 nitrogen and oxygen atoms in total. The number of nitrogens with zero attached hydrogens (tertiary/aromatic N) is 3. The van der Waals surface area contributed by atoms with E-state index in [-0.39, 0.29) is 5.91 Å². The molecule has 0 aliphatic rings. The quantitative estimate of drug-likeness (QED) is 0.355. The van der Waals surface area contributed by atoms with E-state index in [9.17, 15) is 4.79 Å². The number of benzene rings is 2. The van der Waals surface area contributed by atoms with E-state index in [2.05, 4.69) is 24.0 Å². The van der Waals surface area contributed by atoms with Crippen LogP contribution in [0.2, 0.25) is 0 Å². The molecule has 7 heteroatoms. The van der Waals surface area contributed by atoms with Crippen LogP contribution in [-0.4, -0.2) is 15.9 Å². The summed E-state index contributed by atoms with van der Waals surface area (Å²) >= 11 is 2.91. The Morgan fingerprint density at radius 3 is 2.66 bits per heavy atom. The van der Waals surface area contributed by atoms with Crippen LogP contribution in [-0.2, 0) is 13.0 Å². The van der Waals surface area contributed by atoms with Crippen molar-refractivity contribution in [1.82, 2.24) is 9.97 Å². The number of fused-ring (bicyclic) bond motifs is 2. The van der Waals surface area contributed by atoms with Crippen molar-refractivity contribution < 1.29 is 9.21 Å². The number of para-hydroxylation sites is 1. The van der Waals surface area contributed by atoms with Crippen LogP contribution in [0, 0.1) is 0 Å². The van der Waals surface area contributed by atoms with Gasteiger partial charge in [-0.05, 0) is 48.4 Å². The fourth-order valence-corrected chi connectivity index (χ4v) is 5.10. The zero-order valence-electron chi connectivity index (χ0n) is 15.7. The van der Waals surface area contributed by atoms with Gasteiger partial charge in [0.2, 0.25) is 0 Å². The molecule has 144 valence electrons. The van der Waals surface area contributed by atoms with Crippen LogP contribution in [0.25, 0.3) is 20.4 Å². The lowest BCUT2D eigenvalue weighted by molar-refractivity contribution is 0.0983. The number of thiazole rings is 2. The Hall–Kier alpha value is -3.03. The highest BCUT2D eigenvalue weighted by Gasteiger charge is 2.25. The number of hydrogen-bond acceptors (Lipinski definition) is 6. The van der Waals surface area contributed by atoms with Gasteiger partial charge in [-0.1, -0.05) is 36.5 Å². The van der Waals surface area contributed by atoms with Crippen LogP contribution < -0.4 is 4.90 Å². The van der Waals surface area contributed by atoms with E-state index in [0.29, 0.717) is 22.4 Å². The molecule has 0 saturated carbocycles. The van der Waals surface area contributed by atoms with Gasteiger partial charge in [0.05, 0.1) is 33.2 Å². The van der Waals surface area contributed by atoms with Crippen molar-refractivity contribution in [3.05, 3.63) is 77.2 Å². The second-order valence-corrected chi connectivity index (χ2v) is 8.65. The third-order valence-corrected chi connectivity index (χ3v) is 6.76. The molecule has 5 rings (SSSR count). The molecular weight excluding hydrogens is 402 g/mol. The molecule has 2 aromatic carbocycles. The highest BCUT2D eigenvalue weighted by atomic mass is 32.1. The maximum atomic E-state index is 13.4. The van der Waals surface area contributed by atoms with E-state index in [1.165, 1.54) is 28.2 Å². The molecule has 0 saturated heterocycles. The number of carbonyl (C=O) groups is 1. The van der Waals surface area contributed by atoms with Crippen LogP contribution in [0.5, 0.6) is 0 Å². The molecule has 0 bridgehead atoms. The van der Waals surface area contributed by atoms with Crippen molar-refractivity contribution in [3.63, 3.8) is 0 Å². The van der Waals surface area contributed by atoms with Crippen LogP contribution in [0.15, 0.2) is 65.3 Å². The zero-order chi connectivity index (χ0) is 19.8. The second kappa shape index (κ2) is 7.42. The van der Waals surface area contributed by atoms with E-state index in [0.717, 1.165) is 26.9 Å². The summed E-state index contributed by atoms with van der Waals surface area (Å²) in [6.07, 6.45) is 2.57. The van der Waals surface area contributed by atoms with Crippen molar-refractivity contribution in [3.8, 4) is 0 Å². The summed E-state index contributed by atoms with van der Waals surface area (Å²) in [7, 11) is 0. The van der Waals surface area contributed by atoms with Crippen molar-refractivity contribution in [2.24, 2.45) is 0 Å². The molecule has 1 amide bonds. The smallest absolute Gasteiger partial charge is 0.289 e. The number of rotatable bonds is 5. The minimum atomic E-state index is -0.169. The van der Waals surface area contributed by atoms with E-state index in [1.54, 1.807) is 11.2 Å². The molecule has 0 N–H and O–H groups in total. The number of aryl methyl sites for hydroxylation is 1. The third kappa shape index (κ3) is 3.43. The Morgan fingerprint density at radius 1 is 1.00 bits per heavy atom. The number of hydrogen-bond donors (Lipinski definition) is 0. The molecule has 0 atom stereocenters. The summed E-state index contributed by atoms with van der Waals surface area (Å²) in [5.74, 6) is 0.533. The van der Waals surface area contributed by atoms with Crippen molar-refractivity contribution in [2.45, 2.75) is 19.9 Å². The van der Waals surface area contributed by atoms with Crippen LogP contribution in [0.1, 0.15) is 28.0 Å². The van der Waals surface area contributed by atoms with Gasteiger partial charge in [-0.25, -0.2) is 9.97 Å². The van der Waals surface area contributed by atoms with Crippen molar-refractivity contribution in [2.75, 3.05) is 4.90 Å². The Balaban J connectivity index is 1.58. The lowest BCUT2D eigenvalue weighted by Gasteiger charge is -2.17. The van der Waals surface area contributed by atoms with Gasteiger partial charge < -0.3 is 4.42 Å². The van der Waals surface area contributed by atoms with E-state index in [4.69, 9.17) is 9.40 Å². The maximum Gasteiger partial charge on any atom is 0.289 e. The largest absolute Gasteiger partial charge is 0.467 e. The lowest BCUT2D eigenvalue weighted by atomic mass is 10.2. The fourth-order valence-electron chi connectivity index (χ4n) is 3.16. The highest BCUT2D eigenvalue weighted by molar-refractivity contribution is 7.23. The average Bonchev–Trinajstić information content (AvgIpc) is 3.49. The number of furan rings is 1. The summed E-state index contributed by atoms with van der Waals surface area (Å²) in [5.41, 5.74) is 2.97. The summed E-state index contributed by atoms with van der Waals surface area (Å²) in [6, 6.07) is 17.7. The van der Waals surface area contributed by atoms with Gasteiger partial charge in [0.1, 0.15) is 5.76 Å². The normalized spacial score (nSPS) is 11.3. The first-order valence-electron chi connectivity index (χ1n) is 9.30. The highest BCUT2D eigenvalue weighted by Crippen LogP contribution is 2.33. The third-order valence-electron chi connectivity index (χ3n) is 4.70. The Kier molecular flexibility index (Phi) is 4.61. The van der Waals surface area contributed by atoms with Crippen LogP contribution in [0.3, 0.4) is 0 Å². The van der Waals surface area contributed by atoms with E-state index in [1.807, 2.05) is 42.5 Å². The molecule has 0 aliphatic carbocycles. The van der Waals surface area contributed by atoms with E-state index >= 15 is 0 Å². The molecule has 0 spiro atoms. The Labute approximate surface area is 175 Å². The van der Waals surface area contributed by atoms with Crippen molar-refractivity contribution >= 4 is 54.1 Å². The molecule has 0 fully saturated rings. The zero-order valence-corrected chi connectivity index (χ0v) is 17.3. The Bertz CT molecular complexity index is 1270. The fraction of sp³-hybridized carbons (Fsp3) is 0.136. The van der Waals surface area contributed by atoms with Crippen LogP contribution >= 0.6 is 22.7 Å². The van der Waals surface area contributed by atoms with E-state index < -0.39 is 0 Å². The molecule has 0 aliphatic heterocycles. The van der Waals surface area contributed by atoms with Gasteiger partial charge in [-0.15, -0.1) is 11.3 Å². The van der Waals surface area contributed by atoms with Gasteiger partial charge in [-0.2, -0.15) is 0 Å². The summed E-state index contributed by atoms with van der Waals surface area (Å²) in [6.45, 7) is 2.44. The number of aromatic nitrogens is 2. The molecule has 0 radical (unpaired) electrons. The molecule has 0 unspecified atom stereocenters. The van der Waals surface area contributed by atoms with Gasteiger partial charge in [-0.3, -0.25) is 9.69 Å². The van der Waals surface area contributed by atoms with Crippen molar-refractivity contribution in [1.29, 1.82) is 0 Å². The maximum absolute atomic E-state index is 13.4. The molecule has 3 heterocycles. The summed E-state index contributed by atoms with van der Waals surface area (Å²) in [5, 5.41) is 1.10. The van der Waals surface area contributed by atoms with Gasteiger partial charge in [0.25, 0.3) is 5.91 Å². The average molecular weight is 420 g/mol. The first-order chi connectivity index (χ1) is 14.2. The molecular formula is C22H17N3O2S2. The molecule has 29 heavy (non-hydrogen) atoms. The van der Waals surface area contributed by atoms with Crippen LogP contribution in [0.4, 0.5) is 5.13 Å². The van der Waals surface area contributed by atoms with Gasteiger partial charge in [0, 0.05) is 0 Å². The standard InChI is InChI=1S/C22H17N3O2S2/c1-2-14-9-10-17-19(12-14)29-22(24-17)25(13-15-6-5-11-27-15)21(26)20-23-16-7-3-4-8-18(16)28-20/h3-12H,2,13H2,1H3. The first-order valence-corrected chi connectivity index (χ1v) is 10.9. The predicted molar refractivity (Wildman–Crippen MR) is 118 cm³/mol. The number of carbonyl (C=O) groups excluding carboxylic acids is 1. The monoisotopic (exact) mass is 419 g/mol. The number of anilines is 1. The van der Waals surface area contributed by atoms with Gasteiger partial charge >= 0.3 is 0 Å².